The molecule has 0 aliphatic rings. The van der Waals surface area contributed by atoms with Gasteiger partial charge in [0.2, 0.25) is 5.88 Å². The van der Waals surface area contributed by atoms with Crippen molar-refractivity contribution in [2.45, 2.75) is 26.2 Å². The molecule has 1 aromatic heterocycles. The number of primary amides is 1. The first-order chi connectivity index (χ1) is 10.8. The third kappa shape index (κ3) is 4.32. The number of nitrogens with zero attached hydrogens (tertiary/aromatic N) is 1. The maximum atomic E-state index is 11.9. The molecule has 122 valence electrons. The van der Waals surface area contributed by atoms with Crippen molar-refractivity contribution in [3.63, 3.8) is 0 Å². The molecule has 2 rings (SSSR count). The van der Waals surface area contributed by atoms with Crippen molar-refractivity contribution in [2.24, 2.45) is 5.73 Å². The largest absolute Gasteiger partial charge is 0.483 e. The van der Waals surface area contributed by atoms with Gasteiger partial charge in [-0.05, 0) is 12.1 Å². The van der Waals surface area contributed by atoms with Gasteiger partial charge in [0, 0.05) is 11.5 Å². The molecule has 0 radical (unpaired) electrons. The van der Waals surface area contributed by atoms with Crippen molar-refractivity contribution in [3.8, 4) is 5.75 Å². The van der Waals surface area contributed by atoms with E-state index in [1.807, 2.05) is 20.8 Å². The number of carbonyl (C=O) groups is 2. The van der Waals surface area contributed by atoms with E-state index in [0.717, 1.165) is 5.69 Å². The normalized spacial score (nSPS) is 11.1. The lowest BCUT2D eigenvalue weighted by Gasteiger charge is -2.12. The van der Waals surface area contributed by atoms with Crippen LogP contribution in [0, 0.1) is 0 Å². The molecule has 0 fully saturated rings. The summed E-state index contributed by atoms with van der Waals surface area (Å²) in [5.41, 5.74) is 6.02. The third-order valence-electron chi connectivity index (χ3n) is 3.05. The van der Waals surface area contributed by atoms with E-state index in [-0.39, 0.29) is 29.2 Å². The first kappa shape index (κ1) is 16.5. The van der Waals surface area contributed by atoms with Gasteiger partial charge in [0.05, 0.1) is 11.3 Å². The van der Waals surface area contributed by atoms with Gasteiger partial charge in [-0.15, -0.1) is 0 Å². The van der Waals surface area contributed by atoms with Crippen molar-refractivity contribution in [1.29, 1.82) is 0 Å². The third-order valence-corrected chi connectivity index (χ3v) is 3.05. The summed E-state index contributed by atoms with van der Waals surface area (Å²) in [7, 11) is 0. The highest BCUT2D eigenvalue weighted by atomic mass is 16.5. The lowest BCUT2D eigenvalue weighted by molar-refractivity contribution is -0.118. The molecule has 0 saturated carbocycles. The number of benzene rings is 1. The summed E-state index contributed by atoms with van der Waals surface area (Å²) < 4.78 is 10.4. The van der Waals surface area contributed by atoms with Crippen LogP contribution < -0.4 is 15.8 Å². The number of amides is 2. The van der Waals surface area contributed by atoms with Crippen LogP contribution in [0.5, 0.6) is 5.75 Å². The molecule has 0 atom stereocenters. The second kappa shape index (κ2) is 6.51. The van der Waals surface area contributed by atoms with Crippen molar-refractivity contribution < 1.29 is 18.8 Å². The predicted molar refractivity (Wildman–Crippen MR) is 84.3 cm³/mol. The number of anilines is 1. The van der Waals surface area contributed by atoms with Crippen LogP contribution in [0.25, 0.3) is 0 Å². The average Bonchev–Trinajstić information content (AvgIpc) is 2.94. The summed E-state index contributed by atoms with van der Waals surface area (Å²) in [6.45, 7) is 5.68. The maximum Gasteiger partial charge on any atom is 0.264 e. The molecule has 0 aliphatic carbocycles. The smallest absolute Gasteiger partial charge is 0.264 e. The molecule has 0 unspecified atom stereocenters. The number of carbonyl (C=O) groups excluding carboxylic acids is 2. The van der Waals surface area contributed by atoms with Crippen LogP contribution in [-0.2, 0) is 10.2 Å². The molecule has 0 spiro atoms. The van der Waals surface area contributed by atoms with Gasteiger partial charge in [-0.25, -0.2) is 0 Å². The van der Waals surface area contributed by atoms with Gasteiger partial charge in [-0.3, -0.25) is 14.9 Å². The second-order valence-corrected chi connectivity index (χ2v) is 6.02. The highest BCUT2D eigenvalue weighted by Crippen LogP contribution is 2.23. The van der Waals surface area contributed by atoms with Crippen LogP contribution in [0.3, 0.4) is 0 Å². The minimum Gasteiger partial charge on any atom is -0.483 e. The number of hydrogen-bond donors (Lipinski definition) is 2. The summed E-state index contributed by atoms with van der Waals surface area (Å²) in [6.07, 6.45) is 0. The second-order valence-electron chi connectivity index (χ2n) is 6.02. The Morgan fingerprint density at radius 1 is 1.30 bits per heavy atom. The van der Waals surface area contributed by atoms with Crippen LogP contribution in [0.2, 0.25) is 0 Å². The van der Waals surface area contributed by atoms with Crippen LogP contribution in [-0.4, -0.2) is 23.6 Å². The van der Waals surface area contributed by atoms with E-state index in [0.29, 0.717) is 0 Å². The summed E-state index contributed by atoms with van der Waals surface area (Å²) >= 11 is 0. The molecular weight excluding hydrogens is 298 g/mol. The average molecular weight is 317 g/mol. The van der Waals surface area contributed by atoms with Gasteiger partial charge in [-0.1, -0.05) is 38.1 Å². The van der Waals surface area contributed by atoms with E-state index in [4.69, 9.17) is 15.0 Å². The molecule has 23 heavy (non-hydrogen) atoms. The Morgan fingerprint density at radius 3 is 2.61 bits per heavy atom. The number of hydrogen-bond acceptors (Lipinski definition) is 5. The lowest BCUT2D eigenvalue weighted by atomic mass is 9.92. The van der Waals surface area contributed by atoms with Gasteiger partial charge in [0.1, 0.15) is 5.75 Å². The summed E-state index contributed by atoms with van der Waals surface area (Å²) in [4.78, 5) is 23.2. The zero-order valence-corrected chi connectivity index (χ0v) is 13.3. The number of nitrogens with two attached hydrogens (primary N) is 1. The van der Waals surface area contributed by atoms with E-state index in [9.17, 15) is 9.59 Å². The highest BCUT2D eigenvalue weighted by Gasteiger charge is 2.20. The predicted octanol–water partition coefficient (Wildman–Crippen LogP) is 2.09. The Bertz CT molecular complexity index is 716. The van der Waals surface area contributed by atoms with E-state index in [1.54, 1.807) is 24.3 Å². The quantitative estimate of drug-likeness (QED) is 0.878. The van der Waals surface area contributed by atoms with Gasteiger partial charge >= 0.3 is 0 Å². The number of aromatic nitrogens is 1. The molecule has 7 heteroatoms. The summed E-state index contributed by atoms with van der Waals surface area (Å²) in [6, 6.07) is 8.11. The van der Waals surface area contributed by atoms with Crippen molar-refractivity contribution in [2.75, 3.05) is 11.9 Å². The van der Waals surface area contributed by atoms with Crippen LogP contribution in [0.15, 0.2) is 34.9 Å². The van der Waals surface area contributed by atoms with Crippen LogP contribution >= 0.6 is 0 Å². The Labute approximate surface area is 133 Å². The van der Waals surface area contributed by atoms with Gasteiger partial charge in [-0.2, -0.15) is 0 Å². The summed E-state index contributed by atoms with van der Waals surface area (Å²) in [5, 5.41) is 6.45. The van der Waals surface area contributed by atoms with E-state index >= 15 is 0 Å². The molecule has 2 aromatic rings. The zero-order valence-electron chi connectivity index (χ0n) is 13.3. The lowest BCUT2D eigenvalue weighted by Crippen LogP contribution is -2.21. The van der Waals surface area contributed by atoms with Crippen LogP contribution in [0.4, 0.5) is 5.88 Å². The van der Waals surface area contributed by atoms with E-state index < -0.39 is 11.8 Å². The molecule has 3 N–H and O–H groups in total. The van der Waals surface area contributed by atoms with Crippen LogP contribution in [0.1, 0.15) is 36.8 Å². The molecule has 1 heterocycles. The molecule has 0 saturated heterocycles. The summed E-state index contributed by atoms with van der Waals surface area (Å²) in [5.74, 6) is -0.554. The standard InChI is InChI=1S/C16H19N3O4/c1-16(2,3)12-8-14(23-19-12)18-13(20)9-22-11-7-5-4-6-10(11)15(17)21/h4-8H,9H2,1-3H3,(H2,17,21)(H,18,20). The first-order valence-corrected chi connectivity index (χ1v) is 7.06. The van der Waals surface area contributed by atoms with E-state index in [2.05, 4.69) is 10.5 Å². The van der Waals surface area contributed by atoms with Gasteiger partial charge in [0.15, 0.2) is 6.61 Å². The molecule has 1 aromatic carbocycles. The minimum atomic E-state index is -0.619. The Balaban J connectivity index is 1.96. The van der Waals surface area contributed by atoms with E-state index in [1.165, 1.54) is 6.07 Å². The van der Waals surface area contributed by atoms with Crippen molar-refractivity contribution in [3.05, 3.63) is 41.6 Å². The monoisotopic (exact) mass is 317 g/mol. The van der Waals surface area contributed by atoms with Crippen molar-refractivity contribution in [1.82, 2.24) is 5.16 Å². The molecule has 0 aliphatic heterocycles. The SMILES string of the molecule is CC(C)(C)c1cc(NC(=O)COc2ccccc2C(N)=O)on1. The molecule has 2 amide bonds. The zero-order chi connectivity index (χ0) is 17.0. The Morgan fingerprint density at radius 2 is 2.00 bits per heavy atom. The fourth-order valence-corrected chi connectivity index (χ4v) is 1.80. The fraction of sp³-hybridized carbons (Fsp3) is 0.312. The van der Waals surface area contributed by atoms with Crippen molar-refractivity contribution >= 4 is 17.7 Å². The number of para-hydroxylation sites is 1. The highest BCUT2D eigenvalue weighted by molar-refractivity contribution is 5.96. The molecule has 0 bridgehead atoms. The molecule has 7 nitrogen and oxygen atoms in total. The number of ether oxygens (including phenoxy) is 1. The molecular formula is C16H19N3O4. The maximum absolute atomic E-state index is 11.9. The first-order valence-electron chi connectivity index (χ1n) is 7.06. The number of nitrogens with one attached hydrogen (secondary N) is 1. The van der Waals surface area contributed by atoms with Gasteiger partial charge in [0.25, 0.3) is 11.8 Å². The van der Waals surface area contributed by atoms with Gasteiger partial charge < -0.3 is 15.0 Å². The Kier molecular flexibility index (Phi) is 4.68. The number of rotatable bonds is 5. The Hall–Kier alpha value is -2.83. The topological polar surface area (TPSA) is 107 Å². The fourth-order valence-electron chi connectivity index (χ4n) is 1.80. The minimum absolute atomic E-state index is 0.177.